The summed E-state index contributed by atoms with van der Waals surface area (Å²) < 4.78 is 0. The average Bonchev–Trinajstić information content (AvgIpc) is 2.44. The number of hydrogen-bond acceptors (Lipinski definition) is 2. The summed E-state index contributed by atoms with van der Waals surface area (Å²) in [5.41, 5.74) is 4.57. The Balaban J connectivity index is 2.09. The van der Waals surface area contributed by atoms with Crippen LogP contribution in [0.25, 0.3) is 0 Å². The molecule has 0 unspecified atom stereocenters. The van der Waals surface area contributed by atoms with Gasteiger partial charge in [0, 0.05) is 10.7 Å². The molecule has 1 aliphatic rings. The number of nitrogens with zero attached hydrogens (tertiary/aromatic N) is 1. The second kappa shape index (κ2) is 6.78. The van der Waals surface area contributed by atoms with Crippen molar-refractivity contribution in [3.05, 3.63) is 28.8 Å². The van der Waals surface area contributed by atoms with Gasteiger partial charge in [0.15, 0.2) is 0 Å². The lowest BCUT2D eigenvalue weighted by Crippen LogP contribution is -2.37. The van der Waals surface area contributed by atoms with Crippen LogP contribution in [0.2, 0.25) is 5.02 Å². The molecular formula is C14H21ClN4. The van der Waals surface area contributed by atoms with Crippen molar-refractivity contribution in [2.75, 3.05) is 5.32 Å². The van der Waals surface area contributed by atoms with Gasteiger partial charge in [-0.15, -0.1) is 0 Å². The standard InChI is InChI=1S/C14H21ClN4/c1-10-12(15)8-5-9-13(10)18-14(19-16)17-11-6-3-2-4-7-11/h5,8-9,11H,2-4,6-7,16H2,1H3,(H2,17,18,19). The van der Waals surface area contributed by atoms with Crippen LogP contribution in [0.5, 0.6) is 0 Å². The fourth-order valence-corrected chi connectivity index (χ4v) is 2.54. The number of rotatable bonds is 2. The predicted molar refractivity (Wildman–Crippen MR) is 81.4 cm³/mol. The Hall–Kier alpha value is -1.26. The molecule has 1 aromatic carbocycles. The number of hydrogen-bond donors (Lipinski definition) is 3. The second-order valence-corrected chi connectivity index (χ2v) is 5.36. The first-order valence-electron chi connectivity index (χ1n) is 6.77. The second-order valence-electron chi connectivity index (χ2n) is 4.95. The van der Waals surface area contributed by atoms with Crippen LogP contribution in [0.3, 0.4) is 0 Å². The Kier molecular flexibility index (Phi) is 5.05. The largest absolute Gasteiger partial charge is 0.325 e. The summed E-state index contributed by atoms with van der Waals surface area (Å²) in [5, 5.41) is 3.95. The summed E-state index contributed by atoms with van der Waals surface area (Å²) in [6.45, 7) is 1.97. The first-order chi connectivity index (χ1) is 9.20. The molecule has 1 aromatic rings. The summed E-state index contributed by atoms with van der Waals surface area (Å²) in [7, 11) is 0. The van der Waals surface area contributed by atoms with Crippen molar-refractivity contribution in [2.45, 2.75) is 45.1 Å². The van der Waals surface area contributed by atoms with Crippen molar-refractivity contribution in [1.29, 1.82) is 0 Å². The van der Waals surface area contributed by atoms with E-state index in [1.807, 2.05) is 25.1 Å². The van der Waals surface area contributed by atoms with Gasteiger partial charge in [-0.25, -0.2) is 10.8 Å². The fraction of sp³-hybridized carbons (Fsp3) is 0.500. The van der Waals surface area contributed by atoms with E-state index in [0.29, 0.717) is 12.0 Å². The van der Waals surface area contributed by atoms with Crippen LogP contribution in [0.1, 0.15) is 37.7 Å². The third kappa shape index (κ3) is 3.85. The van der Waals surface area contributed by atoms with E-state index in [9.17, 15) is 0 Å². The highest BCUT2D eigenvalue weighted by Crippen LogP contribution is 2.23. The van der Waals surface area contributed by atoms with Gasteiger partial charge in [-0.2, -0.15) is 0 Å². The van der Waals surface area contributed by atoms with Gasteiger partial charge < -0.3 is 5.32 Å². The quantitative estimate of drug-likeness (QED) is 0.337. The number of guanidine groups is 1. The van der Waals surface area contributed by atoms with Gasteiger partial charge in [-0.05, 0) is 37.5 Å². The molecule has 0 heterocycles. The van der Waals surface area contributed by atoms with E-state index in [1.54, 1.807) is 0 Å². The van der Waals surface area contributed by atoms with E-state index in [4.69, 9.17) is 17.4 Å². The molecule has 0 aromatic heterocycles. The molecule has 1 aliphatic carbocycles. The van der Waals surface area contributed by atoms with E-state index >= 15 is 0 Å². The van der Waals surface area contributed by atoms with Crippen molar-refractivity contribution >= 4 is 23.2 Å². The number of nitrogens with one attached hydrogen (secondary N) is 2. The highest BCUT2D eigenvalue weighted by Gasteiger charge is 2.13. The predicted octanol–water partition coefficient (Wildman–Crippen LogP) is 3.21. The molecule has 0 amide bonds. The summed E-state index contributed by atoms with van der Waals surface area (Å²) >= 11 is 6.10. The molecule has 0 saturated heterocycles. The fourth-order valence-electron chi connectivity index (χ4n) is 2.37. The SMILES string of the molecule is Cc1c(Cl)cccc1NC(=NC1CCCCC1)NN. The normalized spacial score (nSPS) is 17.3. The summed E-state index contributed by atoms with van der Waals surface area (Å²) in [4.78, 5) is 4.65. The van der Waals surface area contributed by atoms with Gasteiger partial charge in [0.05, 0.1) is 6.04 Å². The van der Waals surface area contributed by atoms with Crippen molar-refractivity contribution in [3.63, 3.8) is 0 Å². The molecule has 2 rings (SSSR count). The summed E-state index contributed by atoms with van der Waals surface area (Å²) in [5.74, 6) is 6.16. The van der Waals surface area contributed by atoms with Crippen LogP contribution in [0, 0.1) is 6.92 Å². The lowest BCUT2D eigenvalue weighted by Gasteiger charge is -2.20. The first kappa shape index (κ1) is 14.2. The zero-order valence-electron chi connectivity index (χ0n) is 11.2. The summed E-state index contributed by atoms with van der Waals surface area (Å²) in [6, 6.07) is 6.11. The lowest BCUT2D eigenvalue weighted by atomic mass is 9.96. The molecule has 104 valence electrons. The van der Waals surface area contributed by atoms with Crippen molar-refractivity contribution in [2.24, 2.45) is 10.8 Å². The van der Waals surface area contributed by atoms with E-state index < -0.39 is 0 Å². The molecule has 0 atom stereocenters. The van der Waals surface area contributed by atoms with Crippen molar-refractivity contribution in [1.82, 2.24) is 5.43 Å². The highest BCUT2D eigenvalue weighted by molar-refractivity contribution is 6.31. The molecular weight excluding hydrogens is 260 g/mol. The van der Waals surface area contributed by atoms with Gasteiger partial charge in [-0.3, -0.25) is 5.43 Å². The molecule has 0 spiro atoms. The van der Waals surface area contributed by atoms with Gasteiger partial charge in [0.2, 0.25) is 5.96 Å². The lowest BCUT2D eigenvalue weighted by molar-refractivity contribution is 0.442. The number of hydrazine groups is 1. The number of halogens is 1. The maximum Gasteiger partial charge on any atom is 0.210 e. The Morgan fingerprint density at radius 3 is 2.74 bits per heavy atom. The number of nitrogens with two attached hydrogens (primary N) is 1. The van der Waals surface area contributed by atoms with E-state index in [-0.39, 0.29) is 0 Å². The van der Waals surface area contributed by atoms with Crippen LogP contribution in [-0.2, 0) is 0 Å². The van der Waals surface area contributed by atoms with Gasteiger partial charge in [0.25, 0.3) is 0 Å². The zero-order valence-corrected chi connectivity index (χ0v) is 12.0. The molecule has 0 bridgehead atoms. The van der Waals surface area contributed by atoms with Crippen molar-refractivity contribution in [3.8, 4) is 0 Å². The van der Waals surface area contributed by atoms with Gasteiger partial charge in [-0.1, -0.05) is 36.9 Å². The molecule has 5 heteroatoms. The van der Waals surface area contributed by atoms with Crippen LogP contribution < -0.4 is 16.6 Å². The Bertz CT molecular complexity index is 453. The van der Waals surface area contributed by atoms with Gasteiger partial charge >= 0.3 is 0 Å². The number of benzene rings is 1. The third-order valence-corrected chi connectivity index (χ3v) is 3.95. The number of anilines is 1. The average molecular weight is 281 g/mol. The molecule has 19 heavy (non-hydrogen) atoms. The van der Waals surface area contributed by atoms with E-state index in [2.05, 4.69) is 15.7 Å². The molecule has 4 N–H and O–H groups in total. The monoisotopic (exact) mass is 280 g/mol. The molecule has 0 aliphatic heterocycles. The topological polar surface area (TPSA) is 62.4 Å². The Morgan fingerprint density at radius 1 is 1.32 bits per heavy atom. The third-order valence-electron chi connectivity index (χ3n) is 3.54. The van der Waals surface area contributed by atoms with Crippen molar-refractivity contribution < 1.29 is 0 Å². The van der Waals surface area contributed by atoms with E-state index in [0.717, 1.165) is 29.1 Å². The van der Waals surface area contributed by atoms with Gasteiger partial charge in [0.1, 0.15) is 0 Å². The first-order valence-corrected chi connectivity index (χ1v) is 7.15. The van der Waals surface area contributed by atoms with E-state index in [1.165, 1.54) is 19.3 Å². The maximum atomic E-state index is 6.10. The van der Waals surface area contributed by atoms with Crippen LogP contribution in [0.4, 0.5) is 5.69 Å². The minimum absolute atomic E-state index is 0.367. The molecule has 1 fully saturated rings. The van der Waals surface area contributed by atoms with Crippen LogP contribution >= 0.6 is 11.6 Å². The van der Waals surface area contributed by atoms with Crippen LogP contribution in [0.15, 0.2) is 23.2 Å². The zero-order chi connectivity index (χ0) is 13.7. The highest BCUT2D eigenvalue weighted by atomic mass is 35.5. The Labute approximate surface area is 119 Å². The van der Waals surface area contributed by atoms with Crippen LogP contribution in [-0.4, -0.2) is 12.0 Å². The maximum absolute atomic E-state index is 6.10. The molecule has 0 radical (unpaired) electrons. The minimum Gasteiger partial charge on any atom is -0.325 e. The minimum atomic E-state index is 0.367. The Morgan fingerprint density at radius 2 is 2.05 bits per heavy atom. The summed E-state index contributed by atoms with van der Waals surface area (Å²) in [6.07, 6.45) is 6.10. The smallest absolute Gasteiger partial charge is 0.210 e. The molecule has 4 nitrogen and oxygen atoms in total. The number of aliphatic imine (C=N–C) groups is 1. The molecule has 1 saturated carbocycles.